The first-order chi connectivity index (χ1) is 24.3. The van der Waals surface area contributed by atoms with Gasteiger partial charge in [-0.05, 0) is 0 Å². The van der Waals surface area contributed by atoms with E-state index in [-0.39, 0.29) is 24.8 Å². The number of hydrogen-bond donors (Lipinski definition) is 0. The average Bonchev–Trinajstić information content (AvgIpc) is 3.75. The van der Waals surface area contributed by atoms with Gasteiger partial charge in [0.2, 0.25) is 0 Å². The van der Waals surface area contributed by atoms with Gasteiger partial charge in [0.1, 0.15) is 0 Å². The van der Waals surface area contributed by atoms with Crippen LogP contribution in [0.15, 0.2) is 133 Å². The Kier molecular flexibility index (Phi) is 10.9. The molecule has 4 aromatic heterocycles. The molecule has 4 heterocycles. The Morgan fingerprint density at radius 2 is 0.865 bits per heavy atom. The van der Waals surface area contributed by atoms with Crippen LogP contribution in [-0.4, -0.2) is 26.8 Å². The van der Waals surface area contributed by atoms with Crippen LogP contribution in [0.3, 0.4) is 0 Å². The van der Waals surface area contributed by atoms with Crippen LogP contribution >= 0.6 is 24.8 Å². The van der Waals surface area contributed by atoms with Gasteiger partial charge in [-0.1, -0.05) is 0 Å². The minimum atomic E-state index is -3.96. The zero-order chi connectivity index (χ0) is 34.5. The maximum atomic E-state index is 4.87. The molecule has 0 fully saturated rings. The first-order valence-corrected chi connectivity index (χ1v) is 31.4. The molecule has 0 spiro atoms. The molecule has 6 aromatic rings. The van der Waals surface area contributed by atoms with Crippen molar-refractivity contribution in [1.29, 1.82) is 0 Å². The Hall–Kier alpha value is -3.80. The molecule has 0 N–H and O–H groups in total. The predicted molar refractivity (Wildman–Crippen MR) is 223 cm³/mol. The van der Waals surface area contributed by atoms with E-state index in [1.54, 1.807) is 11.1 Å². The number of pyridine rings is 4. The Morgan fingerprint density at radius 3 is 1.17 bits per heavy atom. The van der Waals surface area contributed by atoms with Crippen LogP contribution in [0.4, 0.5) is 0 Å². The van der Waals surface area contributed by atoms with Crippen LogP contribution in [0.25, 0.3) is 57.2 Å². The van der Waals surface area contributed by atoms with Crippen molar-refractivity contribution < 1.29 is 17.4 Å². The zero-order valence-electron chi connectivity index (χ0n) is 30.1. The van der Waals surface area contributed by atoms with Gasteiger partial charge in [0.15, 0.2) is 0 Å². The average molecular weight is 819 g/mol. The summed E-state index contributed by atoms with van der Waals surface area (Å²) in [7, 11) is 0. The summed E-state index contributed by atoms with van der Waals surface area (Å²) < 4.78 is 6.19. The minimum absolute atomic E-state index is 0. The summed E-state index contributed by atoms with van der Waals surface area (Å²) in [5.74, 6) is 0. The molecule has 2 aliphatic carbocycles. The second-order valence-corrected chi connectivity index (χ2v) is 45.3. The molecule has 2 unspecified atom stereocenters. The molecule has 0 aliphatic heterocycles. The monoisotopic (exact) mass is 816 g/mol. The molecule has 0 saturated carbocycles. The fraction of sp³-hybridized carbons (Fsp3) is 0.182. The van der Waals surface area contributed by atoms with Gasteiger partial charge in [0.05, 0.1) is 0 Å². The van der Waals surface area contributed by atoms with Crippen LogP contribution < -0.4 is 0 Å². The van der Waals surface area contributed by atoms with E-state index in [0.717, 1.165) is 46.7 Å². The van der Waals surface area contributed by atoms with Gasteiger partial charge >= 0.3 is 300 Å². The number of allylic oxidation sites excluding steroid dienone is 2. The molecule has 2 aromatic carbocycles. The van der Waals surface area contributed by atoms with Crippen LogP contribution in [0.5, 0.6) is 0 Å². The molecule has 0 amide bonds. The third-order valence-corrected chi connectivity index (χ3v) is 28.5. The van der Waals surface area contributed by atoms with Crippen molar-refractivity contribution >= 4 is 43.8 Å². The first kappa shape index (κ1) is 37.9. The number of fused-ring (bicyclic) bond motifs is 2. The van der Waals surface area contributed by atoms with E-state index in [9.17, 15) is 0 Å². The maximum Gasteiger partial charge on any atom is -0.147 e. The maximum absolute atomic E-state index is 4.87. The number of rotatable bonds is 8. The van der Waals surface area contributed by atoms with E-state index >= 15 is 0 Å². The Balaban J connectivity index is 0.00000232. The first-order valence-electron chi connectivity index (χ1n) is 17.8. The topological polar surface area (TPSA) is 51.6 Å². The molecule has 0 bridgehead atoms. The van der Waals surface area contributed by atoms with E-state index in [2.05, 4.69) is 115 Å². The Bertz CT molecular complexity index is 2210. The third kappa shape index (κ3) is 6.53. The normalized spacial score (nSPS) is 16.2. The molecule has 2 aliphatic rings. The van der Waals surface area contributed by atoms with Crippen LogP contribution in [-0.2, 0) is 17.4 Å². The number of hydrogen-bond acceptors (Lipinski definition) is 4. The van der Waals surface area contributed by atoms with Gasteiger partial charge in [-0.2, -0.15) is 0 Å². The fourth-order valence-corrected chi connectivity index (χ4v) is 29.1. The summed E-state index contributed by atoms with van der Waals surface area (Å²) in [6, 6.07) is 34.4. The summed E-state index contributed by atoms with van der Waals surface area (Å²) in [5, 5.41) is 0. The quantitative estimate of drug-likeness (QED) is 0.144. The van der Waals surface area contributed by atoms with Gasteiger partial charge in [-0.15, -0.1) is 24.8 Å². The van der Waals surface area contributed by atoms with E-state index in [4.69, 9.17) is 19.9 Å². The van der Waals surface area contributed by atoms with Crippen molar-refractivity contribution in [2.24, 2.45) is 0 Å². The molecule has 8 heteroatoms. The van der Waals surface area contributed by atoms with E-state index in [0.29, 0.717) is 7.25 Å². The van der Waals surface area contributed by atoms with Gasteiger partial charge in [0.25, 0.3) is 0 Å². The second kappa shape index (κ2) is 14.9. The van der Waals surface area contributed by atoms with Gasteiger partial charge in [0, 0.05) is 0 Å². The zero-order valence-corrected chi connectivity index (χ0v) is 35.6. The molecule has 2 atom stereocenters. The SMILES string of the molecule is CCC1=Cc2c(-c3ccccn3)cc(-c3ccccn3)cc2[CH]1[Zr]([CH3])([CH3])(=[SiH2])[CH]1C(CC)=Cc2c(-c3ccccn3)cc(-c3ccccn3)cc21.Cl.Cl. The number of aromatic nitrogens is 4. The second-order valence-electron chi connectivity index (χ2n) is 14.9. The molecule has 0 radical (unpaired) electrons. The van der Waals surface area contributed by atoms with Crippen molar-refractivity contribution in [3.63, 3.8) is 0 Å². The Morgan fingerprint density at radius 1 is 0.519 bits per heavy atom. The predicted octanol–water partition coefficient (Wildman–Crippen LogP) is 11.5. The molecule has 8 rings (SSSR count). The summed E-state index contributed by atoms with van der Waals surface area (Å²) in [5.41, 5.74) is 17.4. The molecule has 4 nitrogen and oxygen atoms in total. The molecule has 52 heavy (non-hydrogen) atoms. The van der Waals surface area contributed by atoms with Crippen molar-refractivity contribution in [2.45, 2.75) is 43.2 Å². The summed E-state index contributed by atoms with van der Waals surface area (Å²) >= 11 is -3.96. The van der Waals surface area contributed by atoms with Crippen LogP contribution in [0.1, 0.15) is 56.2 Å². The summed E-state index contributed by atoms with van der Waals surface area (Å²) in [4.78, 5) is 19.4. The van der Waals surface area contributed by atoms with Gasteiger partial charge < -0.3 is 0 Å². The summed E-state index contributed by atoms with van der Waals surface area (Å²) in [6.45, 7) is 7.09. The molecular formula is C44H44Cl2N4SiZr. The molecule has 262 valence electrons. The van der Waals surface area contributed by atoms with Crippen molar-refractivity contribution in [2.75, 3.05) is 0 Å². The van der Waals surface area contributed by atoms with Crippen molar-refractivity contribution in [3.05, 3.63) is 155 Å². The van der Waals surface area contributed by atoms with E-state index < -0.39 is 17.4 Å². The minimum Gasteiger partial charge on any atom is -0.147 e. The van der Waals surface area contributed by atoms with Crippen LogP contribution in [0.2, 0.25) is 9.26 Å². The summed E-state index contributed by atoms with van der Waals surface area (Å²) in [6.07, 6.45) is 14.7. The van der Waals surface area contributed by atoms with E-state index in [1.807, 2.05) is 49.1 Å². The number of halogens is 2. The standard InChI is InChI=1S/2C21H17N2.2CH3.2ClH.H2Si.Zr/c2*1-2-15-11-16-13-17(20-7-3-5-9-22-20)14-19(18(16)12-15)21-8-4-6-10-23-21;;;;;;/h2*3-14H,2H2,1H3;2*1H3;2*1H;1H2;. The van der Waals surface area contributed by atoms with Crippen LogP contribution in [0, 0.1) is 0 Å². The van der Waals surface area contributed by atoms with Gasteiger partial charge in [-0.25, -0.2) is 0 Å². The fourth-order valence-electron chi connectivity index (χ4n) is 8.94. The molecular weight excluding hydrogens is 775 g/mol. The number of benzene rings is 2. The van der Waals surface area contributed by atoms with Crippen molar-refractivity contribution in [1.82, 2.24) is 19.9 Å². The Labute approximate surface area is 322 Å². The van der Waals surface area contributed by atoms with E-state index in [1.165, 1.54) is 33.4 Å². The third-order valence-electron chi connectivity index (χ3n) is 11.0. The molecule has 0 saturated heterocycles. The largest absolute Gasteiger partial charge is 0.147 e. The smallest absolute Gasteiger partial charge is 0.147 e. The van der Waals surface area contributed by atoms with Crippen molar-refractivity contribution in [3.8, 4) is 45.0 Å². The van der Waals surface area contributed by atoms with Gasteiger partial charge in [-0.3, -0.25) is 0 Å². The number of nitrogens with zero attached hydrogens (tertiary/aromatic N) is 4.